The molecule has 2 unspecified atom stereocenters. The molecule has 0 aromatic rings. The van der Waals surface area contributed by atoms with E-state index in [2.05, 4.69) is 0 Å². The third kappa shape index (κ3) is 4.10. The Hall–Kier alpha value is -0.820. The standard InChI is InChI=1S/C14H23F3N2O2/c1-9(18)12-8-19(6-7-21-12)13(20)10-2-4-11(5-3-10)14(15,16)17/h9-12H,2-8,18H2,1H3. The second kappa shape index (κ2) is 6.52. The smallest absolute Gasteiger partial charge is 0.373 e. The quantitative estimate of drug-likeness (QED) is 0.848. The minimum atomic E-state index is -4.13. The van der Waals surface area contributed by atoms with Gasteiger partial charge in [0.25, 0.3) is 0 Å². The summed E-state index contributed by atoms with van der Waals surface area (Å²) >= 11 is 0. The summed E-state index contributed by atoms with van der Waals surface area (Å²) in [5.74, 6) is -1.57. The van der Waals surface area contributed by atoms with Crippen LogP contribution >= 0.6 is 0 Å². The molecule has 2 rings (SSSR count). The van der Waals surface area contributed by atoms with Gasteiger partial charge in [-0.15, -0.1) is 0 Å². The molecule has 1 saturated carbocycles. The zero-order chi connectivity index (χ0) is 15.6. The van der Waals surface area contributed by atoms with E-state index in [1.165, 1.54) is 0 Å². The molecule has 0 radical (unpaired) electrons. The van der Waals surface area contributed by atoms with Gasteiger partial charge in [-0.25, -0.2) is 0 Å². The van der Waals surface area contributed by atoms with Gasteiger partial charge in [0, 0.05) is 25.0 Å². The molecule has 0 aromatic heterocycles. The minimum Gasteiger partial charge on any atom is -0.373 e. The highest BCUT2D eigenvalue weighted by atomic mass is 19.4. The number of hydrogen-bond acceptors (Lipinski definition) is 3. The lowest BCUT2D eigenvalue weighted by atomic mass is 9.81. The van der Waals surface area contributed by atoms with Crippen LogP contribution in [0.4, 0.5) is 13.2 Å². The molecule has 2 N–H and O–H groups in total. The highest BCUT2D eigenvalue weighted by molar-refractivity contribution is 5.79. The van der Waals surface area contributed by atoms with Gasteiger partial charge in [0.2, 0.25) is 5.91 Å². The Kier molecular flexibility index (Phi) is 5.14. The van der Waals surface area contributed by atoms with Gasteiger partial charge in [-0.2, -0.15) is 13.2 Å². The lowest BCUT2D eigenvalue weighted by molar-refractivity contribution is -0.185. The van der Waals surface area contributed by atoms with Gasteiger partial charge in [0.05, 0.1) is 18.6 Å². The van der Waals surface area contributed by atoms with Gasteiger partial charge in [0.15, 0.2) is 0 Å². The molecule has 2 fully saturated rings. The van der Waals surface area contributed by atoms with Crippen LogP contribution in [0.3, 0.4) is 0 Å². The molecule has 4 nitrogen and oxygen atoms in total. The maximum atomic E-state index is 12.6. The molecule has 1 aliphatic heterocycles. The molecule has 1 aliphatic carbocycles. The number of carbonyl (C=O) groups is 1. The fraction of sp³-hybridized carbons (Fsp3) is 0.929. The molecule has 7 heteroatoms. The lowest BCUT2D eigenvalue weighted by Crippen LogP contribution is -2.53. The largest absolute Gasteiger partial charge is 0.391 e. The Morgan fingerprint density at radius 3 is 2.43 bits per heavy atom. The van der Waals surface area contributed by atoms with E-state index in [0.29, 0.717) is 32.5 Å². The van der Waals surface area contributed by atoms with E-state index < -0.39 is 12.1 Å². The summed E-state index contributed by atoms with van der Waals surface area (Å²) in [6.07, 6.45) is -3.56. The van der Waals surface area contributed by atoms with Crippen LogP contribution in [0.15, 0.2) is 0 Å². The van der Waals surface area contributed by atoms with Crippen LogP contribution in [0.2, 0.25) is 0 Å². The number of rotatable bonds is 2. The lowest BCUT2D eigenvalue weighted by Gasteiger charge is -2.38. The Morgan fingerprint density at radius 1 is 1.29 bits per heavy atom. The Balaban J connectivity index is 1.87. The number of nitrogens with zero attached hydrogens (tertiary/aromatic N) is 1. The number of nitrogens with two attached hydrogens (primary N) is 1. The number of carbonyl (C=O) groups excluding carboxylic acids is 1. The normalized spacial score (nSPS) is 32.8. The van der Waals surface area contributed by atoms with Crippen LogP contribution < -0.4 is 5.73 Å². The first-order valence-electron chi connectivity index (χ1n) is 7.51. The average molecular weight is 308 g/mol. The zero-order valence-corrected chi connectivity index (χ0v) is 12.2. The Morgan fingerprint density at radius 2 is 1.90 bits per heavy atom. The van der Waals surface area contributed by atoms with E-state index in [1.807, 2.05) is 6.92 Å². The summed E-state index contributed by atoms with van der Waals surface area (Å²) in [7, 11) is 0. The summed E-state index contributed by atoms with van der Waals surface area (Å²) in [6.45, 7) is 3.21. The molecule has 122 valence electrons. The van der Waals surface area contributed by atoms with Crippen LogP contribution in [0, 0.1) is 11.8 Å². The van der Waals surface area contributed by atoms with Gasteiger partial charge >= 0.3 is 6.18 Å². The SMILES string of the molecule is CC(N)C1CN(C(=O)C2CCC(C(F)(F)F)CC2)CCO1. The summed E-state index contributed by atoms with van der Waals surface area (Å²) in [6, 6.07) is -0.165. The predicted octanol–water partition coefficient (Wildman–Crippen LogP) is 1.93. The van der Waals surface area contributed by atoms with Crippen molar-refractivity contribution in [1.82, 2.24) is 4.90 Å². The van der Waals surface area contributed by atoms with Crippen molar-refractivity contribution in [2.75, 3.05) is 19.7 Å². The van der Waals surface area contributed by atoms with E-state index in [9.17, 15) is 18.0 Å². The molecule has 0 aromatic carbocycles. The van der Waals surface area contributed by atoms with Gasteiger partial charge in [-0.3, -0.25) is 4.79 Å². The molecular weight excluding hydrogens is 285 g/mol. The fourth-order valence-corrected chi connectivity index (χ4v) is 3.12. The Labute approximate surface area is 122 Å². The number of hydrogen-bond donors (Lipinski definition) is 1. The van der Waals surface area contributed by atoms with Crippen LogP contribution in [-0.2, 0) is 9.53 Å². The van der Waals surface area contributed by atoms with Crippen molar-refractivity contribution in [3.63, 3.8) is 0 Å². The first kappa shape index (κ1) is 16.5. The summed E-state index contributed by atoms with van der Waals surface area (Å²) in [4.78, 5) is 14.1. The van der Waals surface area contributed by atoms with Crippen molar-refractivity contribution >= 4 is 5.91 Å². The van der Waals surface area contributed by atoms with E-state index in [1.54, 1.807) is 4.90 Å². The molecule has 0 spiro atoms. The summed E-state index contributed by atoms with van der Waals surface area (Å²) in [5, 5.41) is 0. The third-order valence-corrected chi connectivity index (χ3v) is 4.53. The molecule has 0 bridgehead atoms. The maximum Gasteiger partial charge on any atom is 0.391 e. The topological polar surface area (TPSA) is 55.6 Å². The monoisotopic (exact) mass is 308 g/mol. The van der Waals surface area contributed by atoms with Crippen molar-refractivity contribution in [2.45, 2.75) is 50.9 Å². The number of alkyl halides is 3. The molecular formula is C14H23F3N2O2. The second-order valence-corrected chi connectivity index (χ2v) is 6.14. The van der Waals surface area contributed by atoms with Gasteiger partial charge < -0.3 is 15.4 Å². The van der Waals surface area contributed by atoms with Crippen molar-refractivity contribution in [3.05, 3.63) is 0 Å². The highest BCUT2D eigenvalue weighted by Crippen LogP contribution is 2.40. The van der Waals surface area contributed by atoms with Crippen LogP contribution in [-0.4, -0.2) is 48.8 Å². The second-order valence-electron chi connectivity index (χ2n) is 6.14. The van der Waals surface area contributed by atoms with Gasteiger partial charge in [0.1, 0.15) is 0 Å². The maximum absolute atomic E-state index is 12.6. The molecule has 1 heterocycles. The molecule has 1 saturated heterocycles. The van der Waals surface area contributed by atoms with Crippen LogP contribution in [0.5, 0.6) is 0 Å². The van der Waals surface area contributed by atoms with Crippen LogP contribution in [0.25, 0.3) is 0 Å². The number of morpholine rings is 1. The van der Waals surface area contributed by atoms with Crippen LogP contribution in [0.1, 0.15) is 32.6 Å². The number of amides is 1. The first-order chi connectivity index (χ1) is 9.79. The number of halogens is 3. The van der Waals surface area contributed by atoms with Crippen molar-refractivity contribution < 1.29 is 22.7 Å². The highest BCUT2D eigenvalue weighted by Gasteiger charge is 2.43. The fourth-order valence-electron chi connectivity index (χ4n) is 3.12. The van der Waals surface area contributed by atoms with Crippen molar-refractivity contribution in [3.8, 4) is 0 Å². The van der Waals surface area contributed by atoms with E-state index in [4.69, 9.17) is 10.5 Å². The first-order valence-corrected chi connectivity index (χ1v) is 7.51. The summed E-state index contributed by atoms with van der Waals surface area (Å²) in [5.41, 5.74) is 5.79. The van der Waals surface area contributed by atoms with E-state index in [-0.39, 0.29) is 36.8 Å². The average Bonchev–Trinajstić information content (AvgIpc) is 2.46. The molecule has 1 amide bonds. The summed E-state index contributed by atoms with van der Waals surface area (Å²) < 4.78 is 43.4. The number of ether oxygens (including phenoxy) is 1. The van der Waals surface area contributed by atoms with Gasteiger partial charge in [-0.05, 0) is 32.6 Å². The van der Waals surface area contributed by atoms with Crippen molar-refractivity contribution in [1.29, 1.82) is 0 Å². The predicted molar refractivity (Wildman–Crippen MR) is 71.5 cm³/mol. The Bertz CT molecular complexity index is 366. The minimum absolute atomic E-state index is 0.0374. The molecule has 2 atom stereocenters. The molecule has 21 heavy (non-hydrogen) atoms. The van der Waals surface area contributed by atoms with E-state index >= 15 is 0 Å². The molecule has 2 aliphatic rings. The van der Waals surface area contributed by atoms with Gasteiger partial charge in [-0.1, -0.05) is 0 Å². The van der Waals surface area contributed by atoms with E-state index in [0.717, 1.165) is 0 Å². The zero-order valence-electron chi connectivity index (χ0n) is 12.2. The van der Waals surface area contributed by atoms with Crippen molar-refractivity contribution in [2.24, 2.45) is 17.6 Å². The third-order valence-electron chi connectivity index (χ3n) is 4.53.